The van der Waals surface area contributed by atoms with Crippen molar-refractivity contribution in [3.05, 3.63) is 12.3 Å². The Morgan fingerprint density at radius 3 is 2.50 bits per heavy atom. The van der Waals surface area contributed by atoms with Crippen molar-refractivity contribution in [1.82, 2.24) is 0 Å². The van der Waals surface area contributed by atoms with E-state index in [0.29, 0.717) is 19.7 Å². The lowest BCUT2D eigenvalue weighted by Gasteiger charge is -2.24. The summed E-state index contributed by atoms with van der Waals surface area (Å²) in [5.41, 5.74) is 0. The number of thiol groups is 2. The average molecular weight is 287 g/mol. The first-order chi connectivity index (χ1) is 7.27. The minimum atomic E-state index is -4.15. The van der Waals surface area contributed by atoms with Gasteiger partial charge in [0.1, 0.15) is 19.7 Å². The largest absolute Gasteiger partial charge is 0.748 e. The summed E-state index contributed by atoms with van der Waals surface area (Å²) >= 11 is 8.44. The molecule has 5 nitrogen and oxygen atoms in total. The average Bonchev–Trinajstić information content (AvgIpc) is 2.10. The summed E-state index contributed by atoms with van der Waals surface area (Å²) < 4.78 is 36.2. The van der Waals surface area contributed by atoms with Gasteiger partial charge in [-0.15, -0.1) is 0 Å². The highest BCUT2D eigenvalue weighted by molar-refractivity contribution is 7.87. The molecule has 0 aliphatic carbocycles. The summed E-state index contributed by atoms with van der Waals surface area (Å²) in [5.74, 6) is -0.385. The molecule has 0 spiro atoms. The third-order valence-corrected chi connectivity index (χ3v) is 3.30. The van der Waals surface area contributed by atoms with E-state index in [-0.39, 0.29) is 15.5 Å². The van der Waals surface area contributed by atoms with Crippen LogP contribution in [0, 0.1) is 0 Å². The molecule has 0 unspecified atom stereocenters. The zero-order chi connectivity index (χ0) is 12.7. The van der Waals surface area contributed by atoms with Crippen LogP contribution in [0.3, 0.4) is 0 Å². The summed E-state index contributed by atoms with van der Waals surface area (Å²) in [5, 5.41) is 0. The molecule has 0 aliphatic rings. The second-order valence-corrected chi connectivity index (χ2v) is 6.65. The molecule has 0 aromatic carbocycles. The quantitative estimate of drug-likeness (QED) is 0.230. The minimum Gasteiger partial charge on any atom is -0.748 e. The first kappa shape index (κ1) is 16.1. The van der Waals surface area contributed by atoms with Gasteiger partial charge in [-0.2, -0.15) is 0 Å². The van der Waals surface area contributed by atoms with Crippen molar-refractivity contribution < 1.29 is 21.0 Å². The first-order valence-corrected chi connectivity index (χ1v) is 7.13. The number of quaternary nitrogens is 1. The molecule has 0 atom stereocenters. The molecule has 8 heteroatoms. The maximum absolute atomic E-state index is 10.4. The topological polar surface area (TPSA) is 66.4 Å². The summed E-state index contributed by atoms with van der Waals surface area (Å²) in [6.45, 7) is 3.16. The Morgan fingerprint density at radius 1 is 1.38 bits per heavy atom. The van der Waals surface area contributed by atoms with Crippen molar-refractivity contribution in [1.29, 1.82) is 0 Å². The number of hydrogen-bond acceptors (Lipinski definition) is 6. The Hall–Kier alpha value is 0.110. The van der Waals surface area contributed by atoms with E-state index < -0.39 is 10.1 Å². The molecule has 0 aromatic rings. The molecule has 0 amide bonds. The van der Waals surface area contributed by atoms with E-state index in [1.807, 2.05) is 6.92 Å². The van der Waals surface area contributed by atoms with E-state index >= 15 is 0 Å². The van der Waals surface area contributed by atoms with Crippen LogP contribution >= 0.6 is 25.6 Å². The zero-order valence-electron chi connectivity index (χ0n) is 9.07. The summed E-state index contributed by atoms with van der Waals surface area (Å²) in [7, 11) is -4.15. The predicted octanol–water partition coefficient (Wildman–Crippen LogP) is 0.978. The lowest BCUT2D eigenvalue weighted by molar-refractivity contribution is -0.641. The predicted molar refractivity (Wildman–Crippen MR) is 67.9 cm³/mol. The van der Waals surface area contributed by atoms with Gasteiger partial charge in [-0.1, -0.05) is 6.08 Å². The third kappa shape index (κ3) is 10.6. The van der Waals surface area contributed by atoms with Gasteiger partial charge in [-0.25, -0.2) is 11.7 Å². The SMILES string of the molecule is CC=COCC[N+](S)(S)CCCS(=O)(=O)[O-]. The summed E-state index contributed by atoms with van der Waals surface area (Å²) in [4.78, 5) is 0. The van der Waals surface area contributed by atoms with Gasteiger partial charge in [-0.3, -0.25) is 0 Å². The summed E-state index contributed by atoms with van der Waals surface area (Å²) in [6.07, 6.45) is 3.56. The van der Waals surface area contributed by atoms with Crippen LogP contribution in [-0.4, -0.2) is 41.7 Å². The van der Waals surface area contributed by atoms with Gasteiger partial charge in [-0.05, 0) is 6.92 Å². The van der Waals surface area contributed by atoms with Crippen molar-refractivity contribution in [3.63, 3.8) is 0 Å². The fourth-order valence-electron chi connectivity index (χ4n) is 0.970. The number of hydrogen-bond donors (Lipinski definition) is 2. The lowest BCUT2D eigenvalue weighted by Crippen LogP contribution is -2.33. The van der Waals surface area contributed by atoms with E-state index in [2.05, 4.69) is 25.6 Å². The lowest BCUT2D eigenvalue weighted by atomic mass is 10.5. The fourth-order valence-corrected chi connectivity index (χ4v) is 1.90. The second-order valence-electron chi connectivity index (χ2n) is 3.28. The van der Waals surface area contributed by atoms with E-state index in [1.54, 1.807) is 12.3 Å². The van der Waals surface area contributed by atoms with Crippen LogP contribution in [0.4, 0.5) is 0 Å². The van der Waals surface area contributed by atoms with Crippen molar-refractivity contribution in [2.75, 3.05) is 25.4 Å². The molecule has 0 aliphatic heterocycles. The molecule has 96 valence electrons. The highest BCUT2D eigenvalue weighted by Crippen LogP contribution is 2.16. The number of allylic oxidation sites excluding steroid dienone is 1. The van der Waals surface area contributed by atoms with Gasteiger partial charge in [0.2, 0.25) is 0 Å². The third-order valence-electron chi connectivity index (χ3n) is 1.71. The molecule has 0 rings (SSSR count). The normalized spacial score (nSPS) is 13.2. The van der Waals surface area contributed by atoms with Gasteiger partial charge in [0, 0.05) is 12.2 Å². The minimum absolute atomic E-state index is 0.0348. The van der Waals surface area contributed by atoms with Crippen LogP contribution < -0.4 is 0 Å². The standard InChI is InChI=1S/C8H17NO4S3/c1-2-6-13-7-5-9(14,15)4-3-8-16(10,11)12/h2,6,14-15H,3-5,7-8H2,1H3. The van der Waals surface area contributed by atoms with Crippen molar-refractivity contribution in [2.24, 2.45) is 0 Å². The fraction of sp³-hybridized carbons (Fsp3) is 0.750. The smallest absolute Gasteiger partial charge is 0.138 e. The molecule has 0 heterocycles. The van der Waals surface area contributed by atoms with Gasteiger partial charge in [0.05, 0.1) is 42.0 Å². The molecular formula is C8H17NO4S3. The molecule has 0 radical (unpaired) electrons. The Balaban J connectivity index is 3.78. The second kappa shape index (κ2) is 7.44. The van der Waals surface area contributed by atoms with E-state index in [4.69, 9.17) is 4.74 Å². The van der Waals surface area contributed by atoms with Gasteiger partial charge in [0.25, 0.3) is 0 Å². The van der Waals surface area contributed by atoms with Crippen LogP contribution in [0.5, 0.6) is 0 Å². The summed E-state index contributed by atoms with van der Waals surface area (Å²) in [6, 6.07) is 0. The van der Waals surface area contributed by atoms with E-state index in [0.717, 1.165) is 0 Å². The van der Waals surface area contributed by atoms with Gasteiger partial charge >= 0.3 is 0 Å². The number of nitrogens with zero attached hydrogens (tertiary/aromatic N) is 1. The van der Waals surface area contributed by atoms with Crippen LogP contribution in [-0.2, 0) is 14.9 Å². The Morgan fingerprint density at radius 2 is 2.00 bits per heavy atom. The van der Waals surface area contributed by atoms with Crippen molar-refractivity contribution in [3.8, 4) is 0 Å². The maximum Gasteiger partial charge on any atom is 0.138 e. The molecule has 0 aromatic heterocycles. The number of rotatable bonds is 8. The highest BCUT2D eigenvalue weighted by Gasteiger charge is 2.19. The van der Waals surface area contributed by atoms with Crippen LogP contribution in [0.2, 0.25) is 0 Å². The monoisotopic (exact) mass is 287 g/mol. The van der Waals surface area contributed by atoms with Crippen LogP contribution in [0.25, 0.3) is 0 Å². The van der Waals surface area contributed by atoms with Gasteiger partial charge in [0.15, 0.2) is 0 Å². The molecule has 16 heavy (non-hydrogen) atoms. The Bertz CT molecular complexity index is 313. The Kier molecular flexibility index (Phi) is 7.49. The molecule has 0 bridgehead atoms. The van der Waals surface area contributed by atoms with Crippen molar-refractivity contribution >= 4 is 35.7 Å². The molecule has 0 fully saturated rings. The van der Waals surface area contributed by atoms with Crippen LogP contribution in [0.15, 0.2) is 12.3 Å². The van der Waals surface area contributed by atoms with Crippen LogP contribution in [0.1, 0.15) is 13.3 Å². The zero-order valence-corrected chi connectivity index (χ0v) is 11.7. The molecular weight excluding hydrogens is 270 g/mol. The first-order valence-electron chi connectivity index (χ1n) is 4.76. The van der Waals surface area contributed by atoms with E-state index in [1.165, 1.54) is 0 Å². The molecule has 0 saturated carbocycles. The molecule has 0 saturated heterocycles. The molecule has 0 N–H and O–H groups in total. The highest BCUT2D eigenvalue weighted by atomic mass is 32.2. The van der Waals surface area contributed by atoms with Gasteiger partial charge < -0.3 is 9.29 Å². The number of ether oxygens (including phenoxy) is 1. The maximum atomic E-state index is 10.4. The van der Waals surface area contributed by atoms with Crippen molar-refractivity contribution in [2.45, 2.75) is 13.3 Å². The van der Waals surface area contributed by atoms with E-state index in [9.17, 15) is 13.0 Å². The Labute approximate surface area is 108 Å².